The number of rotatable bonds is 18. The molecule has 2 aliphatic heterocycles. The molecule has 18 nitrogen and oxygen atoms in total. The Morgan fingerprint density at radius 2 is 1.82 bits per heavy atom. The lowest BCUT2D eigenvalue weighted by Crippen LogP contribution is -2.46. The van der Waals surface area contributed by atoms with Crippen molar-refractivity contribution in [3.63, 3.8) is 0 Å². The molecule has 0 spiro atoms. The fourth-order valence-corrected chi connectivity index (χ4v) is 7.87. The van der Waals surface area contributed by atoms with Crippen LogP contribution in [-0.2, 0) is 31.0 Å². The molecule has 302 valence electrons. The third-order valence-corrected chi connectivity index (χ3v) is 11.2. The molecule has 0 saturated carbocycles. The van der Waals surface area contributed by atoms with E-state index in [0.29, 0.717) is 37.9 Å². The fraction of sp³-hybridized carbons (Fsp3) is 0.444. The van der Waals surface area contributed by atoms with E-state index in [1.54, 1.807) is 29.8 Å². The number of aromatic amines is 1. The number of azide groups is 1. The summed E-state index contributed by atoms with van der Waals surface area (Å²) < 4.78 is 46.7. The van der Waals surface area contributed by atoms with Gasteiger partial charge in [0.2, 0.25) is 11.9 Å². The van der Waals surface area contributed by atoms with Gasteiger partial charge >= 0.3 is 10.2 Å². The van der Waals surface area contributed by atoms with Crippen molar-refractivity contribution in [2.45, 2.75) is 48.7 Å². The lowest BCUT2D eigenvalue weighted by atomic mass is 9.96. The molecule has 4 aromatic rings. The molecule has 1 aromatic carbocycles. The van der Waals surface area contributed by atoms with Gasteiger partial charge in [-0.05, 0) is 67.1 Å². The van der Waals surface area contributed by atoms with Gasteiger partial charge in [0, 0.05) is 73.1 Å². The van der Waals surface area contributed by atoms with Crippen LogP contribution in [0.1, 0.15) is 46.9 Å². The van der Waals surface area contributed by atoms with Crippen LogP contribution >= 0.6 is 11.3 Å². The normalized spacial score (nSPS) is 18.5. The number of nitrogens with one attached hydrogen (secondary N) is 3. The molecule has 6 rings (SSSR count). The summed E-state index contributed by atoms with van der Waals surface area (Å²) in [6.07, 6.45) is 5.65. The maximum atomic E-state index is 13.3. The molecule has 57 heavy (non-hydrogen) atoms. The van der Waals surface area contributed by atoms with E-state index in [1.807, 2.05) is 17.5 Å². The molecular weight excluding hydrogens is 782 g/mol. The van der Waals surface area contributed by atoms with Crippen LogP contribution in [0.25, 0.3) is 21.0 Å². The second-order valence-electron chi connectivity index (χ2n) is 13.5. The number of carbonyl (C=O) groups is 2. The summed E-state index contributed by atoms with van der Waals surface area (Å²) in [5, 5.41) is 11.5. The van der Waals surface area contributed by atoms with Crippen molar-refractivity contribution in [3.8, 4) is 10.6 Å². The highest BCUT2D eigenvalue weighted by molar-refractivity contribution is 7.86. The Kier molecular flexibility index (Phi) is 14.3. The van der Waals surface area contributed by atoms with Crippen molar-refractivity contribution < 1.29 is 31.4 Å². The Labute approximate surface area is 331 Å². The van der Waals surface area contributed by atoms with Crippen LogP contribution in [-0.4, -0.2) is 121 Å². The van der Waals surface area contributed by atoms with Crippen molar-refractivity contribution in [2.24, 2.45) is 5.11 Å². The highest BCUT2D eigenvalue weighted by Crippen LogP contribution is 2.28. The Balaban J connectivity index is 0.847. The summed E-state index contributed by atoms with van der Waals surface area (Å²) in [5.74, 6) is 0.280. The molecule has 1 unspecified atom stereocenters. The summed E-state index contributed by atoms with van der Waals surface area (Å²) in [7, 11) is -4.93. The smallest absolute Gasteiger partial charge is 0.332 e. The average molecular weight is 824 g/mol. The Hall–Kier alpha value is -5.31. The molecule has 2 fully saturated rings. The predicted molar refractivity (Wildman–Crippen MR) is 208 cm³/mol. The molecular formula is C36H42FN11O7S2. The van der Waals surface area contributed by atoms with E-state index in [9.17, 15) is 26.7 Å². The molecule has 0 aliphatic carbocycles. The van der Waals surface area contributed by atoms with E-state index in [-0.39, 0.29) is 49.8 Å². The lowest BCUT2D eigenvalue weighted by Gasteiger charge is -2.32. The Morgan fingerprint density at radius 3 is 2.53 bits per heavy atom. The van der Waals surface area contributed by atoms with E-state index in [2.05, 4.69) is 40.5 Å². The second kappa shape index (κ2) is 19.7. The third kappa shape index (κ3) is 11.6. The highest BCUT2D eigenvalue weighted by Gasteiger charge is 2.39. The zero-order valence-corrected chi connectivity index (χ0v) is 32.5. The van der Waals surface area contributed by atoms with Gasteiger partial charge in [-0.3, -0.25) is 19.3 Å². The van der Waals surface area contributed by atoms with E-state index in [1.165, 1.54) is 4.90 Å². The number of ether oxygens (including phenoxy) is 2. The van der Waals surface area contributed by atoms with Gasteiger partial charge in [-0.2, -0.15) is 8.42 Å². The van der Waals surface area contributed by atoms with Gasteiger partial charge in [0.25, 0.3) is 11.5 Å². The first kappa shape index (κ1) is 41.3. The molecule has 21 heteroatoms. The van der Waals surface area contributed by atoms with Gasteiger partial charge in [-0.1, -0.05) is 11.2 Å². The SMILES string of the molecule is [N-]=[N+]=N[C@H]1C[C@@H](C(=O)NCCOCCOCCNc2ncc(CN3CCCC(c4nc(-c5cccs5)cc(=O)[nH]4)C3)cn2)N(C(=O)c2ccc(S(=O)(=O)F)cc2)C1. The van der Waals surface area contributed by atoms with Gasteiger partial charge in [-0.15, -0.1) is 15.2 Å². The summed E-state index contributed by atoms with van der Waals surface area (Å²) in [6.45, 7) is 4.17. The van der Waals surface area contributed by atoms with Gasteiger partial charge in [0.1, 0.15) is 11.9 Å². The summed E-state index contributed by atoms with van der Waals surface area (Å²) in [4.78, 5) is 61.9. The first-order valence-electron chi connectivity index (χ1n) is 18.3. The van der Waals surface area contributed by atoms with Crippen molar-refractivity contribution in [1.29, 1.82) is 0 Å². The average Bonchev–Trinajstić information content (AvgIpc) is 3.90. The molecule has 5 heterocycles. The maximum absolute atomic E-state index is 13.3. The van der Waals surface area contributed by atoms with Crippen LogP contribution in [0.5, 0.6) is 0 Å². The monoisotopic (exact) mass is 823 g/mol. The van der Waals surface area contributed by atoms with Crippen LogP contribution in [0, 0.1) is 0 Å². The molecule has 3 atom stereocenters. The topological polar surface area (TPSA) is 238 Å². The first-order valence-corrected chi connectivity index (χ1v) is 20.6. The summed E-state index contributed by atoms with van der Waals surface area (Å²) in [6, 6.07) is 8.15. The number of carbonyl (C=O) groups excluding carboxylic acids is 2. The minimum atomic E-state index is -4.93. The zero-order valence-electron chi connectivity index (χ0n) is 30.8. The van der Waals surface area contributed by atoms with E-state index >= 15 is 0 Å². The van der Waals surface area contributed by atoms with Gasteiger partial charge in [0.15, 0.2) is 0 Å². The number of thiophene rings is 1. The fourth-order valence-electron chi connectivity index (χ4n) is 6.72. The molecule has 0 bridgehead atoms. The second-order valence-corrected chi connectivity index (χ2v) is 15.7. The number of hydrogen-bond acceptors (Lipinski definition) is 14. The van der Waals surface area contributed by atoms with Crippen molar-refractivity contribution in [2.75, 3.05) is 64.5 Å². The molecule has 2 saturated heterocycles. The Morgan fingerprint density at radius 1 is 1.07 bits per heavy atom. The number of anilines is 1. The third-order valence-electron chi connectivity index (χ3n) is 9.42. The molecule has 3 aromatic heterocycles. The van der Waals surface area contributed by atoms with Gasteiger partial charge in [-0.25, -0.2) is 15.0 Å². The molecule has 0 radical (unpaired) electrons. The van der Waals surface area contributed by atoms with E-state index in [4.69, 9.17) is 20.0 Å². The van der Waals surface area contributed by atoms with E-state index in [0.717, 1.165) is 66.5 Å². The van der Waals surface area contributed by atoms with Crippen molar-refractivity contribution in [3.05, 3.63) is 98.0 Å². The molecule has 2 amide bonds. The lowest BCUT2D eigenvalue weighted by molar-refractivity contribution is -0.125. The summed E-state index contributed by atoms with van der Waals surface area (Å²) in [5.41, 5.74) is 10.5. The molecule has 3 N–H and O–H groups in total. The zero-order chi connectivity index (χ0) is 40.2. The van der Waals surface area contributed by atoms with Crippen molar-refractivity contribution >= 4 is 39.3 Å². The highest BCUT2D eigenvalue weighted by atomic mass is 32.3. The van der Waals surface area contributed by atoms with Gasteiger partial charge < -0.3 is 30.0 Å². The van der Waals surface area contributed by atoms with E-state index < -0.39 is 39.0 Å². The maximum Gasteiger partial charge on any atom is 0.332 e. The quantitative estimate of drug-likeness (QED) is 0.0430. The number of H-pyrrole nitrogens is 1. The number of benzene rings is 1. The van der Waals surface area contributed by atoms with Crippen molar-refractivity contribution in [1.82, 2.24) is 35.1 Å². The first-order chi connectivity index (χ1) is 27.6. The number of nitrogens with zero attached hydrogens (tertiary/aromatic N) is 8. The Bertz CT molecular complexity index is 2190. The summed E-state index contributed by atoms with van der Waals surface area (Å²) >= 11 is 1.56. The van der Waals surface area contributed by atoms with Crippen LogP contribution in [0.3, 0.4) is 0 Å². The molecule has 2 aliphatic rings. The van der Waals surface area contributed by atoms with Crippen LogP contribution in [0.4, 0.5) is 9.83 Å². The minimum Gasteiger partial charge on any atom is -0.377 e. The standard InChI is InChI=1S/C36H42FN11O7S2/c37-57(52,53)28-7-5-25(6-8-28)35(51)48-23-27(45-46-38)17-30(48)34(50)39-9-12-54-14-15-55-13-10-40-36-41-19-24(20-42-36)21-47-11-1-3-26(22-47)33-43-29(18-32(49)44-33)31-4-2-16-56-31/h2,4-8,16,18-20,26-27,30H,1,3,9-15,17,21-23H2,(H,39,50)(H,40,41,42)(H,43,44,49)/t26?,27-,30-/m0/s1. The number of amides is 2. The number of hydrogen-bond donors (Lipinski definition) is 3. The number of halogens is 1. The minimum absolute atomic E-state index is 0.0134. The predicted octanol–water partition coefficient (Wildman–Crippen LogP) is 3.48. The van der Waals surface area contributed by atoms with Crippen LogP contribution in [0.2, 0.25) is 0 Å². The van der Waals surface area contributed by atoms with Crippen LogP contribution < -0.4 is 16.2 Å². The number of aromatic nitrogens is 4. The van der Waals surface area contributed by atoms with Gasteiger partial charge in [0.05, 0.1) is 47.9 Å². The number of piperidine rings is 1. The number of likely N-dealkylation sites (tertiary alicyclic amines) is 2. The largest absolute Gasteiger partial charge is 0.377 e. The van der Waals surface area contributed by atoms with Crippen LogP contribution in [0.15, 0.2) is 75.0 Å².